The summed E-state index contributed by atoms with van der Waals surface area (Å²) in [5.74, 6) is 0. The normalized spacial score (nSPS) is 42.2. The Morgan fingerprint density at radius 3 is 2.24 bits per heavy atom. The minimum absolute atomic E-state index is 0.229. The maximum Gasteiger partial charge on any atom is 0.0662 e. The van der Waals surface area contributed by atoms with E-state index in [1.54, 1.807) is 0 Å². The van der Waals surface area contributed by atoms with E-state index in [-0.39, 0.29) is 5.41 Å². The van der Waals surface area contributed by atoms with E-state index >= 15 is 0 Å². The summed E-state index contributed by atoms with van der Waals surface area (Å²) >= 11 is 0. The zero-order valence-electron chi connectivity index (χ0n) is 12.0. The van der Waals surface area contributed by atoms with Crippen LogP contribution in [0.4, 0.5) is 0 Å². The Morgan fingerprint density at radius 2 is 1.76 bits per heavy atom. The molecule has 0 bridgehead atoms. The smallest absolute Gasteiger partial charge is 0.0662 e. The Labute approximate surface area is 106 Å². The van der Waals surface area contributed by atoms with Crippen LogP contribution in [-0.4, -0.2) is 18.2 Å². The number of rotatable bonds is 3. The van der Waals surface area contributed by atoms with E-state index in [0.717, 1.165) is 12.8 Å². The molecule has 2 heteroatoms. The van der Waals surface area contributed by atoms with Gasteiger partial charge in [-0.1, -0.05) is 27.7 Å². The largest absolute Gasteiger partial charge is 0.374 e. The van der Waals surface area contributed by atoms with Gasteiger partial charge < -0.3 is 10.5 Å². The molecule has 0 aromatic carbocycles. The average molecular weight is 239 g/mol. The molecule has 3 unspecified atom stereocenters. The van der Waals surface area contributed by atoms with Gasteiger partial charge in [-0.2, -0.15) is 0 Å². The zero-order chi connectivity index (χ0) is 12.7. The van der Waals surface area contributed by atoms with Gasteiger partial charge in [-0.3, -0.25) is 0 Å². The third-order valence-corrected chi connectivity index (χ3v) is 5.46. The van der Waals surface area contributed by atoms with Gasteiger partial charge in [0.25, 0.3) is 0 Å². The lowest BCUT2D eigenvalue weighted by molar-refractivity contribution is -0.160. The molecule has 2 saturated carbocycles. The van der Waals surface area contributed by atoms with Crippen LogP contribution in [0.25, 0.3) is 0 Å². The van der Waals surface area contributed by atoms with Crippen LogP contribution in [0, 0.1) is 10.8 Å². The molecule has 0 amide bonds. The predicted octanol–water partition coefficient (Wildman–Crippen LogP) is 3.49. The van der Waals surface area contributed by atoms with Crippen molar-refractivity contribution >= 4 is 0 Å². The standard InChI is InChI=1S/C15H29NO/c1-5-15(4)12(16)10-13(15)17-11-6-8-14(2,3)9-7-11/h11-13H,5-10,16H2,1-4H3. The van der Waals surface area contributed by atoms with Crippen LogP contribution < -0.4 is 5.73 Å². The quantitative estimate of drug-likeness (QED) is 0.818. The van der Waals surface area contributed by atoms with E-state index in [1.165, 1.54) is 25.7 Å². The van der Waals surface area contributed by atoms with Gasteiger partial charge in [-0.15, -0.1) is 0 Å². The predicted molar refractivity (Wildman–Crippen MR) is 71.9 cm³/mol. The highest BCUT2D eigenvalue weighted by molar-refractivity contribution is 5.03. The fourth-order valence-corrected chi connectivity index (χ4v) is 3.29. The number of hydrogen-bond acceptors (Lipinski definition) is 2. The first kappa shape index (κ1) is 13.4. The lowest BCUT2D eigenvalue weighted by atomic mass is 9.62. The van der Waals surface area contributed by atoms with Gasteiger partial charge in [0.15, 0.2) is 0 Å². The number of nitrogens with two attached hydrogens (primary N) is 1. The second kappa shape index (κ2) is 4.55. The summed E-state index contributed by atoms with van der Waals surface area (Å²) < 4.78 is 6.32. The van der Waals surface area contributed by atoms with Crippen molar-refractivity contribution in [3.8, 4) is 0 Å². The molecule has 0 aromatic rings. The van der Waals surface area contributed by atoms with Gasteiger partial charge in [0.05, 0.1) is 12.2 Å². The molecular weight excluding hydrogens is 210 g/mol. The summed E-state index contributed by atoms with van der Waals surface area (Å²) in [5.41, 5.74) is 6.89. The van der Waals surface area contributed by atoms with Crippen LogP contribution in [-0.2, 0) is 4.74 Å². The van der Waals surface area contributed by atoms with Crippen LogP contribution in [0.5, 0.6) is 0 Å². The molecule has 0 spiro atoms. The van der Waals surface area contributed by atoms with Gasteiger partial charge in [0.2, 0.25) is 0 Å². The molecule has 0 aliphatic heterocycles. The molecular formula is C15H29NO. The molecule has 2 rings (SSSR count). The first-order chi connectivity index (χ1) is 7.87. The Kier molecular flexibility index (Phi) is 3.57. The highest BCUT2D eigenvalue weighted by Crippen LogP contribution is 2.46. The van der Waals surface area contributed by atoms with Crippen LogP contribution in [0.15, 0.2) is 0 Å². The molecule has 0 radical (unpaired) electrons. The summed E-state index contributed by atoms with van der Waals surface area (Å²) in [5, 5.41) is 0. The van der Waals surface area contributed by atoms with Gasteiger partial charge in [-0.25, -0.2) is 0 Å². The van der Waals surface area contributed by atoms with Gasteiger partial charge >= 0.3 is 0 Å². The summed E-state index contributed by atoms with van der Waals surface area (Å²) in [6.45, 7) is 9.27. The Morgan fingerprint density at radius 1 is 1.18 bits per heavy atom. The minimum Gasteiger partial charge on any atom is -0.374 e. The highest BCUT2D eigenvalue weighted by atomic mass is 16.5. The summed E-state index contributed by atoms with van der Waals surface area (Å²) in [7, 11) is 0. The summed E-state index contributed by atoms with van der Waals surface area (Å²) in [6, 6.07) is 0.345. The third-order valence-electron chi connectivity index (χ3n) is 5.46. The van der Waals surface area contributed by atoms with E-state index in [9.17, 15) is 0 Å². The highest BCUT2D eigenvalue weighted by Gasteiger charge is 2.50. The van der Waals surface area contributed by atoms with E-state index in [0.29, 0.717) is 23.7 Å². The second-order valence-corrected chi connectivity index (χ2v) is 7.19. The molecule has 2 aliphatic rings. The van der Waals surface area contributed by atoms with Crippen molar-refractivity contribution in [1.82, 2.24) is 0 Å². The van der Waals surface area contributed by atoms with Crippen molar-refractivity contribution < 1.29 is 4.74 Å². The van der Waals surface area contributed by atoms with Crippen LogP contribution >= 0.6 is 0 Å². The maximum absolute atomic E-state index is 6.32. The number of ether oxygens (including phenoxy) is 1. The van der Waals surface area contributed by atoms with Crippen LogP contribution in [0.3, 0.4) is 0 Å². The molecule has 2 N–H and O–H groups in total. The SMILES string of the molecule is CCC1(C)C(N)CC1OC1CCC(C)(C)CC1. The fraction of sp³-hybridized carbons (Fsp3) is 1.00. The molecule has 2 fully saturated rings. The molecule has 2 nitrogen and oxygen atoms in total. The van der Waals surface area contributed by atoms with Gasteiger partial charge in [0.1, 0.15) is 0 Å². The van der Waals surface area contributed by atoms with Gasteiger partial charge in [-0.05, 0) is 43.9 Å². The first-order valence-corrected chi connectivity index (χ1v) is 7.28. The zero-order valence-corrected chi connectivity index (χ0v) is 12.0. The summed E-state index contributed by atoms with van der Waals surface area (Å²) in [4.78, 5) is 0. The molecule has 17 heavy (non-hydrogen) atoms. The average Bonchev–Trinajstić information content (AvgIpc) is 2.30. The van der Waals surface area contributed by atoms with Crippen molar-refractivity contribution in [3.05, 3.63) is 0 Å². The monoisotopic (exact) mass is 239 g/mol. The molecule has 100 valence electrons. The molecule has 0 aromatic heterocycles. The lowest BCUT2D eigenvalue weighted by Crippen LogP contribution is -2.61. The second-order valence-electron chi connectivity index (χ2n) is 7.19. The van der Waals surface area contributed by atoms with Gasteiger partial charge in [0, 0.05) is 11.5 Å². The van der Waals surface area contributed by atoms with Crippen molar-refractivity contribution in [2.45, 2.75) is 84.5 Å². The van der Waals surface area contributed by atoms with Crippen molar-refractivity contribution in [1.29, 1.82) is 0 Å². The van der Waals surface area contributed by atoms with Crippen molar-refractivity contribution in [2.75, 3.05) is 0 Å². The van der Waals surface area contributed by atoms with Crippen LogP contribution in [0.1, 0.15) is 66.2 Å². The summed E-state index contributed by atoms with van der Waals surface area (Å²) in [6.07, 6.45) is 8.18. The van der Waals surface area contributed by atoms with Crippen molar-refractivity contribution in [2.24, 2.45) is 16.6 Å². The lowest BCUT2D eigenvalue weighted by Gasteiger charge is -2.53. The first-order valence-electron chi connectivity index (χ1n) is 7.28. The van der Waals surface area contributed by atoms with Crippen molar-refractivity contribution in [3.63, 3.8) is 0 Å². The maximum atomic E-state index is 6.32. The van der Waals surface area contributed by atoms with E-state index in [1.807, 2.05) is 0 Å². The molecule has 3 atom stereocenters. The van der Waals surface area contributed by atoms with Crippen LogP contribution in [0.2, 0.25) is 0 Å². The minimum atomic E-state index is 0.229. The molecule has 0 saturated heterocycles. The number of hydrogen-bond donors (Lipinski definition) is 1. The molecule has 0 heterocycles. The Hall–Kier alpha value is -0.0800. The Balaban J connectivity index is 1.83. The molecule has 2 aliphatic carbocycles. The van der Waals surface area contributed by atoms with E-state index in [4.69, 9.17) is 10.5 Å². The third kappa shape index (κ3) is 2.53. The topological polar surface area (TPSA) is 35.2 Å². The van der Waals surface area contributed by atoms with E-state index < -0.39 is 0 Å². The van der Waals surface area contributed by atoms with E-state index in [2.05, 4.69) is 27.7 Å². The fourth-order valence-electron chi connectivity index (χ4n) is 3.29. The Bertz CT molecular complexity index is 266.